The first-order valence-corrected chi connectivity index (χ1v) is 9.15. The van der Waals surface area contributed by atoms with Crippen LogP contribution in [0.4, 0.5) is 10.1 Å². The molecule has 0 unspecified atom stereocenters. The van der Waals surface area contributed by atoms with E-state index >= 15 is 0 Å². The Morgan fingerprint density at radius 2 is 1.93 bits per heavy atom. The second kappa shape index (κ2) is 9.16. The van der Waals surface area contributed by atoms with Crippen LogP contribution in [-0.2, 0) is 16.2 Å². The maximum Gasteiger partial charge on any atom is 0.243 e. The van der Waals surface area contributed by atoms with E-state index in [1.807, 2.05) is 0 Å². The number of carbonyl (C=O) groups excluding carboxylic acids is 2. The Morgan fingerprint density at radius 3 is 2.74 bits per heavy atom. The molecule has 5 nitrogen and oxygen atoms in total. The van der Waals surface area contributed by atoms with Crippen LogP contribution >= 0.6 is 0 Å². The summed E-state index contributed by atoms with van der Waals surface area (Å²) in [6.45, 7) is 1.01. The van der Waals surface area contributed by atoms with Crippen molar-refractivity contribution in [3.05, 3.63) is 59.9 Å². The van der Waals surface area contributed by atoms with Crippen LogP contribution in [-0.4, -0.2) is 29.8 Å². The van der Waals surface area contributed by atoms with Gasteiger partial charge in [0.05, 0.1) is 6.54 Å². The molecule has 1 fully saturated rings. The van der Waals surface area contributed by atoms with Crippen molar-refractivity contribution in [2.24, 2.45) is 0 Å². The number of ether oxygens (including phenoxy) is 1. The van der Waals surface area contributed by atoms with Crippen LogP contribution in [0.1, 0.15) is 31.2 Å². The molecule has 3 rings (SSSR count). The monoisotopic (exact) mass is 370 g/mol. The van der Waals surface area contributed by atoms with E-state index in [0.29, 0.717) is 31.0 Å². The van der Waals surface area contributed by atoms with Gasteiger partial charge in [0, 0.05) is 24.7 Å². The van der Waals surface area contributed by atoms with Gasteiger partial charge in [-0.15, -0.1) is 0 Å². The smallest absolute Gasteiger partial charge is 0.243 e. The summed E-state index contributed by atoms with van der Waals surface area (Å²) >= 11 is 0. The van der Waals surface area contributed by atoms with Crippen molar-refractivity contribution in [1.29, 1.82) is 0 Å². The summed E-state index contributed by atoms with van der Waals surface area (Å²) < 4.78 is 18.6. The summed E-state index contributed by atoms with van der Waals surface area (Å²) in [7, 11) is 0. The highest BCUT2D eigenvalue weighted by Crippen LogP contribution is 2.19. The molecule has 0 atom stereocenters. The standard InChI is InChI=1S/C21H23FN2O3/c22-17-10-8-16(9-11-17)15-27-19-6-4-5-18(13-19)23-20(25)14-24-12-3-1-2-7-21(24)26/h4-6,8-11,13H,1-3,7,12,14-15H2,(H,23,25). The molecule has 1 saturated heterocycles. The molecule has 2 aromatic carbocycles. The molecule has 0 saturated carbocycles. The Hall–Kier alpha value is -2.89. The van der Waals surface area contributed by atoms with Gasteiger partial charge in [-0.05, 0) is 42.7 Å². The van der Waals surface area contributed by atoms with Crippen molar-refractivity contribution in [2.45, 2.75) is 32.3 Å². The second-order valence-electron chi connectivity index (χ2n) is 6.62. The van der Waals surface area contributed by atoms with Crippen LogP contribution in [0.25, 0.3) is 0 Å². The molecule has 0 aromatic heterocycles. The minimum Gasteiger partial charge on any atom is -0.489 e. The van der Waals surface area contributed by atoms with Crippen molar-refractivity contribution < 1.29 is 18.7 Å². The molecule has 0 spiro atoms. The molecule has 0 aliphatic carbocycles. The van der Waals surface area contributed by atoms with E-state index < -0.39 is 0 Å². The van der Waals surface area contributed by atoms with Crippen LogP contribution in [0.2, 0.25) is 0 Å². The van der Waals surface area contributed by atoms with E-state index in [0.717, 1.165) is 24.8 Å². The molecule has 0 radical (unpaired) electrons. The van der Waals surface area contributed by atoms with Gasteiger partial charge in [-0.1, -0.05) is 24.6 Å². The Bertz CT molecular complexity index is 792. The molecule has 6 heteroatoms. The van der Waals surface area contributed by atoms with Crippen LogP contribution in [0, 0.1) is 5.82 Å². The van der Waals surface area contributed by atoms with Crippen molar-refractivity contribution >= 4 is 17.5 Å². The predicted molar refractivity (Wildman–Crippen MR) is 101 cm³/mol. The minimum atomic E-state index is -0.286. The first kappa shape index (κ1) is 18.9. The summed E-state index contributed by atoms with van der Waals surface area (Å²) in [5, 5.41) is 2.81. The lowest BCUT2D eigenvalue weighted by Gasteiger charge is -2.19. The zero-order chi connectivity index (χ0) is 19.1. The lowest BCUT2D eigenvalue weighted by atomic mass is 10.2. The molecule has 142 valence electrons. The zero-order valence-corrected chi connectivity index (χ0v) is 15.1. The fourth-order valence-electron chi connectivity index (χ4n) is 2.99. The second-order valence-corrected chi connectivity index (χ2v) is 6.62. The molecule has 1 N–H and O–H groups in total. The topological polar surface area (TPSA) is 58.6 Å². The number of hydrogen-bond donors (Lipinski definition) is 1. The van der Waals surface area contributed by atoms with Crippen molar-refractivity contribution in [3.63, 3.8) is 0 Å². The number of nitrogens with zero attached hydrogens (tertiary/aromatic N) is 1. The van der Waals surface area contributed by atoms with E-state index in [1.54, 1.807) is 41.3 Å². The van der Waals surface area contributed by atoms with Crippen LogP contribution in [0.3, 0.4) is 0 Å². The van der Waals surface area contributed by atoms with Gasteiger partial charge in [0.2, 0.25) is 11.8 Å². The Kier molecular flexibility index (Phi) is 6.41. The number of halogens is 1. The van der Waals surface area contributed by atoms with Gasteiger partial charge in [-0.3, -0.25) is 9.59 Å². The zero-order valence-electron chi connectivity index (χ0n) is 15.1. The number of carbonyl (C=O) groups is 2. The molecule has 0 bridgehead atoms. The first-order valence-electron chi connectivity index (χ1n) is 9.15. The van der Waals surface area contributed by atoms with Crippen LogP contribution in [0.15, 0.2) is 48.5 Å². The largest absolute Gasteiger partial charge is 0.489 e. The fraction of sp³-hybridized carbons (Fsp3) is 0.333. The molecular formula is C21H23FN2O3. The maximum absolute atomic E-state index is 12.9. The molecule has 27 heavy (non-hydrogen) atoms. The Balaban J connectivity index is 1.54. The summed E-state index contributed by atoms with van der Waals surface area (Å²) in [4.78, 5) is 25.9. The van der Waals surface area contributed by atoms with Gasteiger partial charge in [0.25, 0.3) is 0 Å². The third-order valence-electron chi connectivity index (χ3n) is 4.44. The average molecular weight is 370 g/mol. The quantitative estimate of drug-likeness (QED) is 0.843. The van der Waals surface area contributed by atoms with Gasteiger partial charge in [-0.2, -0.15) is 0 Å². The molecule has 1 heterocycles. The van der Waals surface area contributed by atoms with Crippen LogP contribution in [0.5, 0.6) is 5.75 Å². The molecule has 2 amide bonds. The maximum atomic E-state index is 12.9. The number of anilines is 1. The SMILES string of the molecule is O=C(CN1CCCCCC1=O)Nc1cccc(OCc2ccc(F)cc2)c1. The highest BCUT2D eigenvalue weighted by molar-refractivity contribution is 5.94. The summed E-state index contributed by atoms with van der Waals surface area (Å²) in [5.74, 6) is 0.134. The van der Waals surface area contributed by atoms with Crippen LogP contribution < -0.4 is 10.1 Å². The minimum absolute atomic E-state index is 0.0408. The molecule has 2 aromatic rings. The third-order valence-corrected chi connectivity index (χ3v) is 4.44. The average Bonchev–Trinajstić information content (AvgIpc) is 2.86. The van der Waals surface area contributed by atoms with Gasteiger partial charge in [0.1, 0.15) is 18.2 Å². The highest BCUT2D eigenvalue weighted by atomic mass is 19.1. The van der Waals surface area contributed by atoms with Gasteiger partial charge in [-0.25, -0.2) is 4.39 Å². The molecule has 1 aliphatic heterocycles. The number of hydrogen-bond acceptors (Lipinski definition) is 3. The fourth-order valence-corrected chi connectivity index (χ4v) is 2.99. The Morgan fingerprint density at radius 1 is 1.11 bits per heavy atom. The molecule has 1 aliphatic rings. The van der Waals surface area contributed by atoms with E-state index in [1.165, 1.54) is 12.1 Å². The first-order chi connectivity index (χ1) is 13.1. The van der Waals surface area contributed by atoms with Crippen molar-refractivity contribution in [2.75, 3.05) is 18.4 Å². The van der Waals surface area contributed by atoms with E-state index in [-0.39, 0.29) is 24.2 Å². The normalized spacial score (nSPS) is 14.6. The lowest BCUT2D eigenvalue weighted by Crippen LogP contribution is -2.37. The summed E-state index contributed by atoms with van der Waals surface area (Å²) in [6.07, 6.45) is 3.37. The number of rotatable bonds is 6. The third kappa shape index (κ3) is 5.81. The van der Waals surface area contributed by atoms with E-state index in [4.69, 9.17) is 4.74 Å². The van der Waals surface area contributed by atoms with Gasteiger partial charge >= 0.3 is 0 Å². The molecular weight excluding hydrogens is 347 g/mol. The number of nitrogens with one attached hydrogen (secondary N) is 1. The van der Waals surface area contributed by atoms with Gasteiger partial charge in [0.15, 0.2) is 0 Å². The Labute approximate surface area is 158 Å². The number of amides is 2. The van der Waals surface area contributed by atoms with Crippen molar-refractivity contribution in [3.8, 4) is 5.75 Å². The summed E-state index contributed by atoms with van der Waals surface area (Å²) in [5.41, 5.74) is 1.46. The van der Waals surface area contributed by atoms with Gasteiger partial charge < -0.3 is 15.0 Å². The number of benzene rings is 2. The lowest BCUT2D eigenvalue weighted by molar-refractivity contribution is -0.134. The van der Waals surface area contributed by atoms with E-state index in [9.17, 15) is 14.0 Å². The highest BCUT2D eigenvalue weighted by Gasteiger charge is 2.19. The predicted octanol–water partition coefficient (Wildman–Crippen LogP) is 3.75. The summed E-state index contributed by atoms with van der Waals surface area (Å²) in [6, 6.07) is 13.2. The van der Waals surface area contributed by atoms with E-state index in [2.05, 4.69) is 5.32 Å². The number of likely N-dealkylation sites (tertiary alicyclic amines) is 1. The van der Waals surface area contributed by atoms with Crippen molar-refractivity contribution in [1.82, 2.24) is 4.90 Å².